The Kier molecular flexibility index (Phi) is 2.05. The largest absolute Gasteiger partial charge is 0.293 e. The van der Waals surface area contributed by atoms with E-state index < -0.39 is 0 Å². The first-order valence-corrected chi connectivity index (χ1v) is 7.47. The fraction of sp³-hybridized carbons (Fsp3) is 0.150. The normalized spacial score (nSPS) is 21.6. The monoisotopic (exact) mass is 270 g/mol. The highest BCUT2D eigenvalue weighted by atomic mass is 16.1. The highest BCUT2D eigenvalue weighted by molar-refractivity contribution is 6.14. The number of hydrogen-bond donors (Lipinski definition) is 0. The zero-order valence-electron chi connectivity index (χ0n) is 11.6. The molecule has 1 unspecified atom stereocenters. The van der Waals surface area contributed by atoms with Crippen LogP contribution < -0.4 is 0 Å². The molecule has 3 aliphatic carbocycles. The van der Waals surface area contributed by atoms with Gasteiger partial charge in [-0.2, -0.15) is 0 Å². The van der Waals surface area contributed by atoms with Crippen LogP contribution in [0, 0.1) is 0 Å². The van der Waals surface area contributed by atoms with Gasteiger partial charge in [-0.3, -0.25) is 4.79 Å². The number of carbonyl (C=O) groups is 1. The van der Waals surface area contributed by atoms with Gasteiger partial charge < -0.3 is 0 Å². The number of fused-ring (bicyclic) bond motifs is 5. The first-order valence-electron chi connectivity index (χ1n) is 7.47. The van der Waals surface area contributed by atoms with Crippen LogP contribution in [0.15, 0.2) is 59.7 Å². The van der Waals surface area contributed by atoms with E-state index in [1.165, 1.54) is 33.4 Å². The Morgan fingerprint density at radius 2 is 1.67 bits per heavy atom. The standard InChI is InChI=1S/C20H14O/c21-20-18-10-13-6-1-3-7-15(13)17(18)11-14-9-12-5-2-4-8-16(12)19(14)20/h1-9,19H,10-11H2. The van der Waals surface area contributed by atoms with Gasteiger partial charge in [0.1, 0.15) is 0 Å². The highest BCUT2D eigenvalue weighted by Crippen LogP contribution is 2.50. The summed E-state index contributed by atoms with van der Waals surface area (Å²) in [6, 6.07) is 16.8. The molecule has 0 aliphatic heterocycles. The Morgan fingerprint density at radius 3 is 2.62 bits per heavy atom. The highest BCUT2D eigenvalue weighted by Gasteiger charge is 2.40. The van der Waals surface area contributed by atoms with Gasteiger partial charge in [-0.05, 0) is 39.8 Å². The molecule has 0 aromatic heterocycles. The summed E-state index contributed by atoms with van der Waals surface area (Å²) >= 11 is 0. The van der Waals surface area contributed by atoms with Crippen molar-refractivity contribution in [3.05, 3.63) is 81.9 Å². The van der Waals surface area contributed by atoms with E-state index in [2.05, 4.69) is 42.5 Å². The average Bonchev–Trinajstić information content (AvgIpc) is 3.06. The van der Waals surface area contributed by atoms with E-state index in [1.807, 2.05) is 12.1 Å². The van der Waals surface area contributed by atoms with Crippen LogP contribution in [-0.4, -0.2) is 5.78 Å². The molecule has 0 heterocycles. The van der Waals surface area contributed by atoms with Crippen LogP contribution in [0.1, 0.15) is 34.6 Å². The number of hydrogen-bond acceptors (Lipinski definition) is 1. The first-order chi connectivity index (χ1) is 10.3. The van der Waals surface area contributed by atoms with E-state index in [0.717, 1.165) is 18.4 Å². The van der Waals surface area contributed by atoms with Crippen molar-refractivity contribution in [2.75, 3.05) is 0 Å². The predicted octanol–water partition coefficient (Wildman–Crippen LogP) is 4.15. The molecular weight excluding hydrogens is 256 g/mol. The van der Waals surface area contributed by atoms with Crippen LogP contribution >= 0.6 is 0 Å². The smallest absolute Gasteiger partial charge is 0.171 e. The number of Topliss-reactive ketones (excluding diaryl/α,β-unsaturated/α-hetero) is 1. The minimum Gasteiger partial charge on any atom is -0.293 e. The Hall–Kier alpha value is -2.41. The van der Waals surface area contributed by atoms with Crippen LogP contribution in [0.3, 0.4) is 0 Å². The van der Waals surface area contributed by atoms with E-state index in [-0.39, 0.29) is 5.92 Å². The molecule has 100 valence electrons. The molecule has 1 nitrogen and oxygen atoms in total. The van der Waals surface area contributed by atoms with E-state index >= 15 is 0 Å². The van der Waals surface area contributed by atoms with Crippen LogP contribution in [0.5, 0.6) is 0 Å². The van der Waals surface area contributed by atoms with Crippen molar-refractivity contribution in [2.45, 2.75) is 18.8 Å². The number of rotatable bonds is 0. The third-order valence-electron chi connectivity index (χ3n) is 5.03. The zero-order chi connectivity index (χ0) is 14.0. The van der Waals surface area contributed by atoms with E-state index in [9.17, 15) is 4.79 Å². The van der Waals surface area contributed by atoms with Crippen molar-refractivity contribution >= 4 is 17.4 Å². The summed E-state index contributed by atoms with van der Waals surface area (Å²) in [4.78, 5) is 13.0. The first kappa shape index (κ1) is 11.3. The number of allylic oxidation sites excluding steroid dienone is 3. The van der Waals surface area contributed by atoms with Gasteiger partial charge in [-0.15, -0.1) is 0 Å². The second-order valence-corrected chi connectivity index (χ2v) is 6.11. The minimum atomic E-state index is -0.0192. The maximum atomic E-state index is 13.0. The fourth-order valence-electron chi connectivity index (χ4n) is 4.10. The third-order valence-corrected chi connectivity index (χ3v) is 5.03. The van der Waals surface area contributed by atoms with Crippen molar-refractivity contribution < 1.29 is 4.79 Å². The zero-order valence-corrected chi connectivity index (χ0v) is 11.6. The molecule has 0 radical (unpaired) electrons. The van der Waals surface area contributed by atoms with Crippen LogP contribution in [0.4, 0.5) is 0 Å². The van der Waals surface area contributed by atoms with Gasteiger partial charge in [0.2, 0.25) is 0 Å². The van der Waals surface area contributed by atoms with Crippen LogP contribution in [0.25, 0.3) is 11.6 Å². The summed E-state index contributed by atoms with van der Waals surface area (Å²) in [7, 11) is 0. The van der Waals surface area contributed by atoms with Crippen molar-refractivity contribution in [1.82, 2.24) is 0 Å². The molecule has 0 amide bonds. The molecule has 0 fully saturated rings. The molecule has 1 atom stereocenters. The molecule has 1 heteroatoms. The van der Waals surface area contributed by atoms with Gasteiger partial charge >= 0.3 is 0 Å². The van der Waals surface area contributed by atoms with Crippen LogP contribution in [-0.2, 0) is 11.2 Å². The number of benzene rings is 2. The quantitative estimate of drug-likeness (QED) is 0.703. The van der Waals surface area contributed by atoms with Crippen LogP contribution in [0.2, 0.25) is 0 Å². The average molecular weight is 270 g/mol. The van der Waals surface area contributed by atoms with Gasteiger partial charge in [0.15, 0.2) is 5.78 Å². The van der Waals surface area contributed by atoms with Crippen molar-refractivity contribution in [3.63, 3.8) is 0 Å². The number of carbonyl (C=O) groups excluding carboxylic acids is 1. The lowest BCUT2D eigenvalue weighted by Crippen LogP contribution is -2.20. The maximum Gasteiger partial charge on any atom is 0.171 e. The maximum absolute atomic E-state index is 13.0. The van der Waals surface area contributed by atoms with E-state index in [0.29, 0.717) is 5.78 Å². The Labute approximate surface area is 123 Å². The lowest BCUT2D eigenvalue weighted by atomic mass is 9.78. The second kappa shape index (κ2) is 3.82. The summed E-state index contributed by atoms with van der Waals surface area (Å²) < 4.78 is 0. The Bertz CT molecular complexity index is 867. The topological polar surface area (TPSA) is 17.1 Å². The van der Waals surface area contributed by atoms with Crippen molar-refractivity contribution in [2.24, 2.45) is 0 Å². The molecule has 0 N–H and O–H groups in total. The molecule has 2 aromatic carbocycles. The van der Waals surface area contributed by atoms with Gasteiger partial charge in [0.05, 0.1) is 5.92 Å². The predicted molar refractivity (Wildman–Crippen MR) is 83.9 cm³/mol. The SMILES string of the molecule is O=C1C2=C(CC3=Cc4ccccc4C13)c1ccccc1C2. The molecule has 0 saturated carbocycles. The lowest BCUT2D eigenvalue weighted by Gasteiger charge is -2.23. The molecule has 5 rings (SSSR count). The third kappa shape index (κ3) is 1.38. The minimum absolute atomic E-state index is 0.0192. The van der Waals surface area contributed by atoms with Gasteiger partial charge in [0.25, 0.3) is 0 Å². The molecule has 21 heavy (non-hydrogen) atoms. The van der Waals surface area contributed by atoms with Crippen molar-refractivity contribution in [3.8, 4) is 0 Å². The lowest BCUT2D eigenvalue weighted by molar-refractivity contribution is -0.116. The molecular formula is C20H14O. The molecule has 0 saturated heterocycles. The van der Waals surface area contributed by atoms with Crippen molar-refractivity contribution in [1.29, 1.82) is 0 Å². The van der Waals surface area contributed by atoms with E-state index in [1.54, 1.807) is 0 Å². The summed E-state index contributed by atoms with van der Waals surface area (Å²) in [5.41, 5.74) is 8.61. The van der Waals surface area contributed by atoms with E-state index in [4.69, 9.17) is 0 Å². The summed E-state index contributed by atoms with van der Waals surface area (Å²) in [6.07, 6.45) is 3.97. The fourth-order valence-corrected chi connectivity index (χ4v) is 4.10. The Morgan fingerprint density at radius 1 is 0.857 bits per heavy atom. The molecule has 2 aromatic rings. The Balaban J connectivity index is 1.69. The second-order valence-electron chi connectivity index (χ2n) is 6.11. The van der Waals surface area contributed by atoms with Gasteiger partial charge in [-0.25, -0.2) is 0 Å². The van der Waals surface area contributed by atoms with Gasteiger partial charge in [0, 0.05) is 12.0 Å². The number of ketones is 1. The van der Waals surface area contributed by atoms with Gasteiger partial charge in [-0.1, -0.05) is 54.6 Å². The molecule has 0 spiro atoms. The summed E-state index contributed by atoms with van der Waals surface area (Å²) in [6.45, 7) is 0. The summed E-state index contributed by atoms with van der Waals surface area (Å²) in [5, 5.41) is 0. The molecule has 0 bridgehead atoms. The molecule has 3 aliphatic rings. The summed E-state index contributed by atoms with van der Waals surface area (Å²) in [5.74, 6) is 0.304.